The highest BCUT2D eigenvalue weighted by atomic mass is 32.2. The Labute approximate surface area is 254 Å². The quantitative estimate of drug-likeness (QED) is 0.357. The molecule has 4 heterocycles. The normalized spacial score (nSPS) is 17.1. The summed E-state index contributed by atoms with van der Waals surface area (Å²) in [4.78, 5) is 19.7. The van der Waals surface area contributed by atoms with E-state index in [2.05, 4.69) is 19.9 Å². The van der Waals surface area contributed by atoms with Crippen molar-refractivity contribution in [1.82, 2.24) is 29.3 Å². The highest BCUT2D eigenvalue weighted by Gasteiger charge is 2.48. The van der Waals surface area contributed by atoms with Crippen LogP contribution in [0.3, 0.4) is 0 Å². The third-order valence-corrected chi connectivity index (χ3v) is 8.49. The summed E-state index contributed by atoms with van der Waals surface area (Å²) >= 11 is 0. The van der Waals surface area contributed by atoms with Gasteiger partial charge in [-0.1, -0.05) is 6.92 Å². The summed E-state index contributed by atoms with van der Waals surface area (Å²) in [5, 5.41) is 17.6. The number of sulfonamides is 1. The molecule has 2 N–H and O–H groups in total. The maximum atomic E-state index is 13.4. The topological polar surface area (TPSA) is 144 Å². The first-order chi connectivity index (χ1) is 19.3. The zero-order valence-corrected chi connectivity index (χ0v) is 26.4. The largest absolute Gasteiger partial charge is 0.476 e. The van der Waals surface area contributed by atoms with E-state index >= 15 is 0 Å². The Morgan fingerprint density at radius 1 is 1.21 bits per heavy atom. The van der Waals surface area contributed by atoms with E-state index in [1.54, 1.807) is 0 Å². The van der Waals surface area contributed by atoms with E-state index < -0.39 is 46.3 Å². The van der Waals surface area contributed by atoms with Gasteiger partial charge in [0.25, 0.3) is 15.9 Å². The molecular formula is C26H36F3N7O5S2. The van der Waals surface area contributed by atoms with Gasteiger partial charge < -0.3 is 14.7 Å². The van der Waals surface area contributed by atoms with E-state index in [0.29, 0.717) is 6.54 Å². The maximum absolute atomic E-state index is 13.4. The van der Waals surface area contributed by atoms with Crippen LogP contribution < -0.4 is 14.4 Å². The van der Waals surface area contributed by atoms with Gasteiger partial charge in [0, 0.05) is 37.6 Å². The molecule has 3 aromatic heterocycles. The zero-order valence-electron chi connectivity index (χ0n) is 24.6. The Morgan fingerprint density at radius 3 is 2.47 bits per heavy atom. The van der Waals surface area contributed by atoms with E-state index in [4.69, 9.17) is 4.74 Å². The second-order valence-electron chi connectivity index (χ2n) is 11.7. The zero-order chi connectivity index (χ0) is 31.3. The average molecular weight is 648 g/mol. The maximum Gasteiger partial charge on any atom is 0.397 e. The fraction of sp³-hybridized carbons (Fsp3) is 0.538. The van der Waals surface area contributed by atoms with Gasteiger partial charge in [-0.2, -0.15) is 31.8 Å². The molecule has 1 aliphatic heterocycles. The molecule has 17 heteroatoms. The number of nitrogens with one attached hydrogen (secondary N) is 1. The standard InChI is InChI=1S/C26H34F3N7O5S.H2S/c1-16-11-25(4,5)35(12-16)22-17(23(38)33-42(39,40)19-13-34(6)31-18(19)14-37)7-8-20(30-22)36-10-9-21(32-36)41-15-24(2,3)26(27,28)29;/h7-10,13,16,37H,11-12,14-15H2,1-6H3,(H,33,38);1H2/t16-;/m0./s1. The lowest BCUT2D eigenvalue weighted by Crippen LogP contribution is -2.41. The Balaban J connectivity index is 0.00000506. The van der Waals surface area contributed by atoms with E-state index in [9.17, 15) is 31.5 Å². The molecular weight excluding hydrogens is 611 g/mol. The van der Waals surface area contributed by atoms with Crippen molar-refractivity contribution >= 4 is 35.2 Å². The van der Waals surface area contributed by atoms with Crippen molar-refractivity contribution in [3.63, 3.8) is 0 Å². The number of aryl methyl sites for hydroxylation is 1. The van der Waals surface area contributed by atoms with Crippen molar-refractivity contribution in [2.24, 2.45) is 18.4 Å². The molecule has 0 unspecified atom stereocenters. The number of aliphatic hydroxyl groups excluding tert-OH is 1. The number of alkyl halides is 3. The van der Waals surface area contributed by atoms with Crippen LogP contribution >= 0.6 is 13.5 Å². The van der Waals surface area contributed by atoms with E-state index in [-0.39, 0.29) is 53.1 Å². The van der Waals surface area contributed by atoms with E-state index in [0.717, 1.165) is 20.3 Å². The second kappa shape index (κ2) is 12.0. The highest BCUT2D eigenvalue weighted by molar-refractivity contribution is 7.90. The molecule has 4 rings (SSSR count). The molecule has 1 amide bonds. The summed E-state index contributed by atoms with van der Waals surface area (Å²) in [5.41, 5.74) is -2.66. The van der Waals surface area contributed by atoms with Gasteiger partial charge in [-0.3, -0.25) is 9.48 Å². The Hall–Kier alpha value is -3.31. The first-order valence-corrected chi connectivity index (χ1v) is 14.6. The van der Waals surface area contributed by atoms with Crippen molar-refractivity contribution in [2.75, 3.05) is 18.1 Å². The summed E-state index contributed by atoms with van der Waals surface area (Å²) in [5.74, 6) is -0.297. The number of rotatable bonds is 9. The number of anilines is 1. The van der Waals surface area contributed by atoms with Gasteiger partial charge in [0.1, 0.15) is 23.0 Å². The molecule has 238 valence electrons. The molecule has 0 aromatic carbocycles. The molecule has 0 radical (unpaired) electrons. The van der Waals surface area contributed by atoms with Crippen LogP contribution in [0, 0.1) is 11.3 Å². The van der Waals surface area contributed by atoms with Crippen LogP contribution in [-0.2, 0) is 23.7 Å². The molecule has 43 heavy (non-hydrogen) atoms. The van der Waals surface area contributed by atoms with Gasteiger partial charge in [0.05, 0.1) is 17.6 Å². The van der Waals surface area contributed by atoms with Crippen molar-refractivity contribution < 1.29 is 36.2 Å². The molecule has 0 saturated carbocycles. The van der Waals surface area contributed by atoms with Gasteiger partial charge in [-0.15, -0.1) is 5.10 Å². The van der Waals surface area contributed by atoms with Crippen molar-refractivity contribution in [3.8, 4) is 11.7 Å². The third-order valence-electron chi connectivity index (χ3n) is 7.11. The number of halogens is 3. The van der Waals surface area contributed by atoms with Crippen LogP contribution in [0.2, 0.25) is 0 Å². The van der Waals surface area contributed by atoms with Gasteiger partial charge in [0.2, 0.25) is 5.88 Å². The summed E-state index contributed by atoms with van der Waals surface area (Å²) in [6.45, 7) is 7.31. The van der Waals surface area contributed by atoms with Crippen LogP contribution in [0.5, 0.6) is 5.88 Å². The van der Waals surface area contributed by atoms with Crippen molar-refractivity contribution in [1.29, 1.82) is 0 Å². The van der Waals surface area contributed by atoms with Crippen LogP contribution in [0.25, 0.3) is 5.82 Å². The molecule has 3 aromatic rings. The van der Waals surface area contributed by atoms with E-state index in [1.165, 1.54) is 47.0 Å². The van der Waals surface area contributed by atoms with E-state index in [1.807, 2.05) is 25.7 Å². The monoisotopic (exact) mass is 647 g/mol. The van der Waals surface area contributed by atoms with Gasteiger partial charge >= 0.3 is 6.18 Å². The summed E-state index contributed by atoms with van der Waals surface area (Å²) in [7, 11) is -2.91. The van der Waals surface area contributed by atoms with Gasteiger partial charge in [-0.25, -0.2) is 22.8 Å². The average Bonchev–Trinajstić information content (AvgIpc) is 3.57. The minimum Gasteiger partial charge on any atom is -0.476 e. The minimum absolute atomic E-state index is 0. The number of pyridine rings is 1. The van der Waals surface area contributed by atoms with Crippen molar-refractivity contribution in [2.45, 2.75) is 64.3 Å². The van der Waals surface area contributed by atoms with Gasteiger partial charge in [-0.05, 0) is 52.2 Å². The van der Waals surface area contributed by atoms with Crippen LogP contribution in [-0.4, -0.2) is 68.8 Å². The molecule has 12 nitrogen and oxygen atoms in total. The highest BCUT2D eigenvalue weighted by Crippen LogP contribution is 2.39. The Bertz CT molecular complexity index is 1590. The summed E-state index contributed by atoms with van der Waals surface area (Å²) < 4.78 is 75.7. The first kappa shape index (κ1) is 34.2. The Morgan fingerprint density at radius 2 is 1.88 bits per heavy atom. The molecule has 0 aliphatic carbocycles. The number of carbonyl (C=O) groups is 1. The number of hydrogen-bond acceptors (Lipinski definition) is 9. The number of aromatic nitrogens is 5. The lowest BCUT2D eigenvalue weighted by molar-refractivity contribution is -0.219. The molecule has 1 atom stereocenters. The molecule has 0 spiro atoms. The third kappa shape index (κ3) is 7.09. The lowest BCUT2D eigenvalue weighted by Gasteiger charge is -2.34. The number of ether oxygens (including phenoxy) is 1. The molecule has 1 saturated heterocycles. The van der Waals surface area contributed by atoms with Crippen molar-refractivity contribution in [3.05, 3.63) is 41.9 Å². The Kier molecular flexibility index (Phi) is 9.54. The summed E-state index contributed by atoms with van der Waals surface area (Å²) in [6.07, 6.45) is -1.04. The number of aliphatic hydroxyl groups is 1. The fourth-order valence-electron chi connectivity index (χ4n) is 4.84. The SMILES string of the molecule is C[C@@H]1CN(c2nc(-n3ccc(OCC(C)(C)C(F)(F)F)n3)ccc2C(=O)NS(=O)(=O)c2cn(C)nc2CO)C(C)(C)C1.S. The van der Waals surface area contributed by atoms with Crippen LogP contribution in [0.15, 0.2) is 35.5 Å². The number of carbonyl (C=O) groups excluding carboxylic acids is 1. The smallest absolute Gasteiger partial charge is 0.397 e. The molecule has 1 fully saturated rings. The number of amides is 1. The molecule has 1 aliphatic rings. The lowest BCUT2D eigenvalue weighted by atomic mass is 9.94. The first-order valence-electron chi connectivity index (χ1n) is 13.1. The predicted molar refractivity (Wildman–Crippen MR) is 156 cm³/mol. The fourth-order valence-corrected chi connectivity index (χ4v) is 6.01. The minimum atomic E-state index is -4.47. The number of hydrogen-bond donors (Lipinski definition) is 2. The second-order valence-corrected chi connectivity index (χ2v) is 13.4. The predicted octanol–water partition coefficient (Wildman–Crippen LogP) is 3.32. The van der Waals surface area contributed by atoms with Gasteiger partial charge in [0.15, 0.2) is 5.82 Å². The number of nitrogens with zero attached hydrogens (tertiary/aromatic N) is 6. The van der Waals surface area contributed by atoms with Crippen LogP contribution in [0.1, 0.15) is 57.1 Å². The van der Waals surface area contributed by atoms with Crippen LogP contribution in [0.4, 0.5) is 19.0 Å². The molecule has 0 bridgehead atoms. The summed E-state index contributed by atoms with van der Waals surface area (Å²) in [6, 6.07) is 4.25.